The van der Waals surface area contributed by atoms with Gasteiger partial charge < -0.3 is 9.80 Å². The van der Waals surface area contributed by atoms with E-state index in [-0.39, 0.29) is 0 Å². The van der Waals surface area contributed by atoms with E-state index >= 15 is 0 Å². The SMILES string of the molecule is C/C=C1\C(=C/C)N2c3ccccc3C(CC)C(C)C2N1c1ccccc1. The molecule has 0 amide bonds. The highest BCUT2D eigenvalue weighted by Crippen LogP contribution is 2.52. The molecule has 0 radical (unpaired) electrons. The van der Waals surface area contributed by atoms with Gasteiger partial charge in [-0.25, -0.2) is 0 Å². The van der Waals surface area contributed by atoms with Crippen LogP contribution < -0.4 is 9.80 Å². The van der Waals surface area contributed by atoms with Crippen molar-refractivity contribution in [2.75, 3.05) is 9.80 Å². The highest BCUT2D eigenvalue weighted by molar-refractivity contribution is 5.75. The zero-order chi connectivity index (χ0) is 18.3. The first kappa shape index (κ1) is 17.0. The van der Waals surface area contributed by atoms with Gasteiger partial charge in [0, 0.05) is 17.3 Å². The average molecular weight is 345 g/mol. The maximum atomic E-state index is 2.56. The van der Waals surface area contributed by atoms with E-state index in [1.807, 2.05) is 0 Å². The molecule has 0 spiro atoms. The lowest BCUT2D eigenvalue weighted by Crippen LogP contribution is -2.48. The molecule has 2 aliphatic rings. The van der Waals surface area contributed by atoms with Crippen LogP contribution in [0.4, 0.5) is 11.4 Å². The topological polar surface area (TPSA) is 6.48 Å². The van der Waals surface area contributed by atoms with Crippen LogP contribution in [-0.4, -0.2) is 6.17 Å². The Morgan fingerprint density at radius 2 is 1.46 bits per heavy atom. The van der Waals surface area contributed by atoms with Crippen molar-refractivity contribution in [2.45, 2.75) is 46.2 Å². The quantitative estimate of drug-likeness (QED) is 0.631. The van der Waals surface area contributed by atoms with E-state index in [9.17, 15) is 0 Å². The summed E-state index contributed by atoms with van der Waals surface area (Å²) in [7, 11) is 0. The summed E-state index contributed by atoms with van der Waals surface area (Å²) in [6.45, 7) is 9.05. The van der Waals surface area contributed by atoms with Gasteiger partial charge in [-0.1, -0.05) is 62.4 Å². The van der Waals surface area contributed by atoms with Crippen LogP contribution in [-0.2, 0) is 0 Å². The fourth-order valence-corrected chi connectivity index (χ4v) is 4.95. The second kappa shape index (κ2) is 6.68. The number of para-hydroxylation sites is 2. The normalized spacial score (nSPS) is 27.8. The van der Waals surface area contributed by atoms with Crippen LogP contribution in [0.5, 0.6) is 0 Å². The number of nitrogens with zero attached hydrogens (tertiary/aromatic N) is 2. The zero-order valence-electron chi connectivity index (χ0n) is 16.2. The molecule has 1 saturated heterocycles. The molecule has 0 bridgehead atoms. The van der Waals surface area contributed by atoms with E-state index in [1.165, 1.54) is 34.8 Å². The van der Waals surface area contributed by atoms with Gasteiger partial charge in [0.25, 0.3) is 0 Å². The molecular formula is C24H28N2. The van der Waals surface area contributed by atoms with Gasteiger partial charge in [-0.3, -0.25) is 0 Å². The molecule has 26 heavy (non-hydrogen) atoms. The minimum absolute atomic E-state index is 0.314. The van der Waals surface area contributed by atoms with Crippen molar-refractivity contribution >= 4 is 11.4 Å². The Balaban J connectivity index is 1.96. The van der Waals surface area contributed by atoms with E-state index in [2.05, 4.69) is 104 Å². The Morgan fingerprint density at radius 3 is 2.12 bits per heavy atom. The van der Waals surface area contributed by atoms with Gasteiger partial charge in [0.1, 0.15) is 6.17 Å². The molecule has 2 aromatic carbocycles. The summed E-state index contributed by atoms with van der Waals surface area (Å²) in [6, 6.07) is 19.8. The number of anilines is 2. The smallest absolute Gasteiger partial charge is 0.114 e. The molecular weight excluding hydrogens is 316 g/mol. The largest absolute Gasteiger partial charge is 0.318 e. The molecule has 0 aromatic heterocycles. The third-order valence-electron chi connectivity index (χ3n) is 6.03. The summed E-state index contributed by atoms with van der Waals surface area (Å²) in [4.78, 5) is 5.10. The molecule has 0 saturated carbocycles. The van der Waals surface area contributed by atoms with Crippen molar-refractivity contribution in [1.82, 2.24) is 0 Å². The number of hydrogen-bond donors (Lipinski definition) is 0. The number of benzene rings is 2. The van der Waals surface area contributed by atoms with Crippen molar-refractivity contribution in [1.29, 1.82) is 0 Å². The molecule has 4 rings (SSSR count). The highest BCUT2D eigenvalue weighted by atomic mass is 15.4. The predicted molar refractivity (Wildman–Crippen MR) is 111 cm³/mol. The molecule has 0 N–H and O–H groups in total. The van der Waals surface area contributed by atoms with Gasteiger partial charge in [-0.2, -0.15) is 0 Å². The number of fused-ring (bicyclic) bond motifs is 3. The summed E-state index contributed by atoms with van der Waals surface area (Å²) in [5, 5.41) is 0. The highest BCUT2D eigenvalue weighted by Gasteiger charge is 2.48. The Bertz CT molecular complexity index is 850. The van der Waals surface area contributed by atoms with Crippen LogP contribution in [0.15, 0.2) is 78.1 Å². The third kappa shape index (κ3) is 2.32. The second-order valence-electron chi connectivity index (χ2n) is 7.27. The van der Waals surface area contributed by atoms with Crippen LogP contribution in [0, 0.1) is 5.92 Å². The van der Waals surface area contributed by atoms with Gasteiger partial charge >= 0.3 is 0 Å². The second-order valence-corrected chi connectivity index (χ2v) is 7.27. The molecule has 3 unspecified atom stereocenters. The van der Waals surface area contributed by atoms with Gasteiger partial charge in [-0.15, -0.1) is 0 Å². The molecule has 2 aromatic rings. The lowest BCUT2D eigenvalue weighted by atomic mass is 9.78. The molecule has 2 heterocycles. The lowest BCUT2D eigenvalue weighted by molar-refractivity contribution is 0.358. The van der Waals surface area contributed by atoms with Crippen molar-refractivity contribution in [3.63, 3.8) is 0 Å². The zero-order valence-corrected chi connectivity index (χ0v) is 16.2. The Morgan fingerprint density at radius 1 is 0.846 bits per heavy atom. The fraction of sp³-hybridized carbons (Fsp3) is 0.333. The predicted octanol–water partition coefficient (Wildman–Crippen LogP) is 6.29. The van der Waals surface area contributed by atoms with E-state index in [1.54, 1.807) is 0 Å². The molecule has 2 heteroatoms. The summed E-state index contributed by atoms with van der Waals surface area (Å²) >= 11 is 0. The minimum Gasteiger partial charge on any atom is -0.318 e. The number of rotatable bonds is 2. The number of hydrogen-bond acceptors (Lipinski definition) is 2. The minimum atomic E-state index is 0.314. The summed E-state index contributed by atoms with van der Waals surface area (Å²) in [6.07, 6.45) is 6.01. The summed E-state index contributed by atoms with van der Waals surface area (Å²) in [5.41, 5.74) is 6.75. The lowest BCUT2D eigenvalue weighted by Gasteiger charge is -2.45. The molecule has 2 aliphatic heterocycles. The van der Waals surface area contributed by atoms with Crippen molar-refractivity contribution < 1.29 is 0 Å². The first-order valence-electron chi connectivity index (χ1n) is 9.78. The van der Waals surface area contributed by atoms with Gasteiger partial charge in [-0.05, 0) is 49.9 Å². The molecule has 0 aliphatic carbocycles. The maximum absolute atomic E-state index is 2.56. The van der Waals surface area contributed by atoms with E-state index in [0.717, 1.165) is 0 Å². The van der Waals surface area contributed by atoms with E-state index in [0.29, 0.717) is 18.0 Å². The number of allylic oxidation sites excluding steroid dienone is 2. The monoisotopic (exact) mass is 344 g/mol. The average Bonchev–Trinajstić information content (AvgIpc) is 3.04. The molecule has 134 valence electrons. The van der Waals surface area contributed by atoms with Crippen molar-refractivity contribution in [2.24, 2.45) is 5.92 Å². The van der Waals surface area contributed by atoms with Crippen LogP contribution >= 0.6 is 0 Å². The van der Waals surface area contributed by atoms with Crippen LogP contribution in [0.2, 0.25) is 0 Å². The van der Waals surface area contributed by atoms with Gasteiger partial charge in [0.05, 0.1) is 11.4 Å². The van der Waals surface area contributed by atoms with Crippen LogP contribution in [0.25, 0.3) is 0 Å². The van der Waals surface area contributed by atoms with Crippen LogP contribution in [0.3, 0.4) is 0 Å². The molecule has 1 fully saturated rings. The molecule has 3 atom stereocenters. The summed E-state index contributed by atoms with van der Waals surface area (Å²) < 4.78 is 0. The third-order valence-corrected chi connectivity index (χ3v) is 6.03. The molecule has 2 nitrogen and oxygen atoms in total. The first-order valence-corrected chi connectivity index (χ1v) is 9.78. The van der Waals surface area contributed by atoms with Gasteiger partial charge in [0.15, 0.2) is 0 Å². The van der Waals surface area contributed by atoms with Crippen LogP contribution in [0.1, 0.15) is 45.6 Å². The first-order chi connectivity index (χ1) is 12.7. The maximum Gasteiger partial charge on any atom is 0.114 e. The Hall–Kier alpha value is -2.48. The Kier molecular flexibility index (Phi) is 4.36. The van der Waals surface area contributed by atoms with Crippen molar-refractivity contribution in [3.8, 4) is 0 Å². The van der Waals surface area contributed by atoms with E-state index < -0.39 is 0 Å². The Labute approximate surface area is 157 Å². The fourth-order valence-electron chi connectivity index (χ4n) is 4.95. The summed E-state index contributed by atoms with van der Waals surface area (Å²) in [5.74, 6) is 1.11. The van der Waals surface area contributed by atoms with Gasteiger partial charge in [0.2, 0.25) is 0 Å². The van der Waals surface area contributed by atoms with E-state index in [4.69, 9.17) is 0 Å². The van der Waals surface area contributed by atoms with Crippen molar-refractivity contribution in [3.05, 3.63) is 83.7 Å². The standard InChI is InChI=1S/C24H28N2/c1-5-19-17(4)24-25(18-13-9-8-10-14-18)21(6-2)22(7-3)26(24)23-16-12-11-15-20(19)23/h6-17,19,24H,5H2,1-4H3/b21-6+,22-7+.